The molecule has 0 spiro atoms. The average molecular weight is 260 g/mol. The molecule has 0 atom stereocenters. The van der Waals surface area contributed by atoms with Crippen molar-refractivity contribution in [3.63, 3.8) is 0 Å². The zero-order valence-corrected chi connectivity index (χ0v) is 8.34. The minimum atomic E-state index is -4.82. The van der Waals surface area contributed by atoms with Gasteiger partial charge >= 0.3 is 12.4 Å². The molecule has 0 radical (unpaired) electrons. The molecule has 88 valence electrons. The van der Waals surface area contributed by atoms with E-state index in [4.69, 9.17) is 11.5 Å². The van der Waals surface area contributed by atoms with E-state index in [-0.39, 0.29) is 11.5 Å². The molecule has 0 heterocycles. The Bertz CT molecular complexity index is 351. The minimum absolute atomic E-state index is 0.0655. The summed E-state index contributed by atoms with van der Waals surface area (Å²) in [4.78, 5) is 0. The highest BCUT2D eigenvalue weighted by Gasteiger charge is 2.36. The van der Waals surface area contributed by atoms with Crippen molar-refractivity contribution in [3.8, 4) is 0 Å². The van der Waals surface area contributed by atoms with Crippen LogP contribution in [0.25, 0.3) is 0 Å². The zero-order chi connectivity index (χ0) is 12.6. The first-order valence-corrected chi connectivity index (χ1v) is 4.52. The predicted octanol–water partition coefficient (Wildman–Crippen LogP) is 2.94. The number of halogens is 7. The Morgan fingerprint density at radius 3 is 1.44 bits per heavy atom. The van der Waals surface area contributed by atoms with Gasteiger partial charge in [0.05, 0.1) is 11.1 Å². The molecule has 0 unspecified atom stereocenters. The van der Waals surface area contributed by atoms with Crippen molar-refractivity contribution in [2.75, 3.05) is 0 Å². The van der Waals surface area contributed by atoms with Gasteiger partial charge < -0.3 is 0 Å². The molecule has 0 aliphatic heterocycles. The summed E-state index contributed by atoms with van der Waals surface area (Å²) in [6, 6.07) is 1.26. The summed E-state index contributed by atoms with van der Waals surface area (Å²) in [5.41, 5.74) is -2.92. The molecule has 0 saturated carbocycles. The molecule has 0 saturated heterocycles. The van der Waals surface area contributed by atoms with Gasteiger partial charge in [-0.05, 0) is 6.07 Å². The molecule has 1 rings (SSSR count). The molecule has 0 aliphatic rings. The molecule has 0 aromatic heterocycles. The van der Waals surface area contributed by atoms with E-state index in [0.717, 1.165) is 0 Å². The van der Waals surface area contributed by atoms with Crippen molar-refractivity contribution < 1.29 is 26.3 Å². The van der Waals surface area contributed by atoms with Crippen LogP contribution < -0.4 is 5.46 Å². The van der Waals surface area contributed by atoms with Crippen LogP contribution in [-0.4, -0.2) is 6.69 Å². The van der Waals surface area contributed by atoms with Crippen molar-refractivity contribution in [2.45, 2.75) is 12.4 Å². The Morgan fingerprint density at radius 1 is 0.812 bits per heavy atom. The van der Waals surface area contributed by atoms with Gasteiger partial charge in [0.25, 0.3) is 6.69 Å². The van der Waals surface area contributed by atoms with Gasteiger partial charge in [-0.15, -0.1) is 0 Å². The van der Waals surface area contributed by atoms with E-state index >= 15 is 0 Å². The predicted molar refractivity (Wildman–Crippen MR) is 49.1 cm³/mol. The second kappa shape index (κ2) is 4.20. The largest absolute Gasteiger partial charge is 0.416 e. The number of hydrogen-bond donors (Lipinski definition) is 0. The van der Waals surface area contributed by atoms with Crippen LogP contribution in [0.3, 0.4) is 0 Å². The minimum Gasteiger partial charge on any atom is -0.194 e. The van der Waals surface area contributed by atoms with Gasteiger partial charge in [0, 0.05) is 0 Å². The SMILES string of the molecule is FC(F)(F)c1cc(BCl)cc(C(F)(F)F)c1. The summed E-state index contributed by atoms with van der Waals surface area (Å²) in [5, 5.41) is 0. The Hall–Kier alpha value is -0.845. The fraction of sp³-hybridized carbons (Fsp3) is 0.250. The molecule has 0 N–H and O–H groups in total. The monoisotopic (exact) mass is 260 g/mol. The van der Waals surface area contributed by atoms with Gasteiger partial charge in [-0.25, -0.2) is 0 Å². The van der Waals surface area contributed by atoms with Gasteiger partial charge in [-0.3, -0.25) is 0 Å². The molecule has 1 aromatic rings. The molecule has 0 aliphatic carbocycles. The van der Waals surface area contributed by atoms with E-state index in [0.29, 0.717) is 12.1 Å². The fourth-order valence-electron chi connectivity index (χ4n) is 1.10. The lowest BCUT2D eigenvalue weighted by molar-refractivity contribution is -0.142. The van der Waals surface area contributed by atoms with Crippen LogP contribution in [0.1, 0.15) is 11.1 Å². The van der Waals surface area contributed by atoms with Crippen LogP contribution in [0.15, 0.2) is 18.2 Å². The summed E-state index contributed by atoms with van der Waals surface area (Å²) < 4.78 is 73.6. The maximum atomic E-state index is 12.3. The second-order valence-electron chi connectivity index (χ2n) is 3.05. The topological polar surface area (TPSA) is 0 Å². The molecular formula is C8H4BClF6. The Balaban J connectivity index is 3.33. The number of rotatable bonds is 1. The summed E-state index contributed by atoms with van der Waals surface area (Å²) in [6.45, 7) is -0.410. The maximum Gasteiger partial charge on any atom is 0.416 e. The van der Waals surface area contributed by atoms with Crippen LogP contribution >= 0.6 is 11.5 Å². The first-order chi connectivity index (χ1) is 7.14. The number of benzene rings is 1. The highest BCUT2D eigenvalue weighted by molar-refractivity contribution is 7.01. The van der Waals surface area contributed by atoms with Crippen molar-refractivity contribution in [1.82, 2.24) is 0 Å². The smallest absolute Gasteiger partial charge is 0.194 e. The van der Waals surface area contributed by atoms with Crippen molar-refractivity contribution in [2.24, 2.45) is 0 Å². The van der Waals surface area contributed by atoms with Crippen molar-refractivity contribution in [1.29, 1.82) is 0 Å². The lowest BCUT2D eigenvalue weighted by atomic mass is 9.90. The zero-order valence-electron chi connectivity index (χ0n) is 7.58. The highest BCUT2D eigenvalue weighted by Crippen LogP contribution is 2.34. The normalized spacial score (nSPS) is 12.7. The summed E-state index contributed by atoms with van der Waals surface area (Å²) >= 11 is 5.24. The number of hydrogen-bond acceptors (Lipinski definition) is 0. The van der Waals surface area contributed by atoms with E-state index in [1.54, 1.807) is 0 Å². The van der Waals surface area contributed by atoms with Gasteiger partial charge in [0.15, 0.2) is 0 Å². The second-order valence-corrected chi connectivity index (χ2v) is 3.32. The lowest BCUT2D eigenvalue weighted by Crippen LogP contribution is -2.19. The van der Waals surface area contributed by atoms with Gasteiger partial charge in [0.1, 0.15) is 0 Å². The molecule has 1 aromatic carbocycles. The van der Waals surface area contributed by atoms with E-state index in [1.807, 2.05) is 0 Å². The third-order valence-electron chi connectivity index (χ3n) is 1.80. The first-order valence-electron chi connectivity index (χ1n) is 3.99. The Labute approximate surface area is 92.4 Å². The lowest BCUT2D eigenvalue weighted by Gasteiger charge is -2.12. The van der Waals surface area contributed by atoms with E-state index in [9.17, 15) is 26.3 Å². The molecule has 8 heteroatoms. The van der Waals surface area contributed by atoms with Gasteiger partial charge in [-0.2, -0.15) is 37.8 Å². The van der Waals surface area contributed by atoms with Crippen LogP contribution in [0.5, 0.6) is 0 Å². The van der Waals surface area contributed by atoms with E-state index in [1.165, 1.54) is 0 Å². The Morgan fingerprint density at radius 2 is 1.19 bits per heavy atom. The summed E-state index contributed by atoms with van der Waals surface area (Å²) in [5.74, 6) is 0. The number of alkyl halides is 6. The molecule has 0 bridgehead atoms. The quantitative estimate of drug-likeness (QED) is 0.538. The summed E-state index contributed by atoms with van der Waals surface area (Å²) in [7, 11) is 0. The fourth-order valence-corrected chi connectivity index (χ4v) is 1.25. The molecular weight excluding hydrogens is 256 g/mol. The first kappa shape index (κ1) is 13.2. The molecule has 0 fully saturated rings. The highest BCUT2D eigenvalue weighted by atomic mass is 35.5. The summed E-state index contributed by atoms with van der Waals surface area (Å²) in [6.07, 6.45) is -9.63. The van der Waals surface area contributed by atoms with E-state index < -0.39 is 30.2 Å². The standard InChI is InChI=1S/C8H4BClF6/c10-9-6-2-4(7(11,12)13)1-5(3-6)8(14,15)16/h1-3,9H. The molecule has 16 heavy (non-hydrogen) atoms. The Kier molecular flexibility index (Phi) is 3.47. The van der Waals surface area contributed by atoms with Gasteiger partial charge in [-0.1, -0.05) is 17.6 Å². The molecule has 0 amide bonds. The van der Waals surface area contributed by atoms with Crippen LogP contribution in [0.4, 0.5) is 26.3 Å². The van der Waals surface area contributed by atoms with Crippen LogP contribution in [0, 0.1) is 0 Å². The average Bonchev–Trinajstić information content (AvgIpc) is 2.14. The van der Waals surface area contributed by atoms with Crippen LogP contribution in [-0.2, 0) is 12.4 Å². The third-order valence-corrected chi connectivity index (χ3v) is 2.11. The molecule has 0 nitrogen and oxygen atoms in total. The third kappa shape index (κ3) is 3.07. The maximum absolute atomic E-state index is 12.3. The van der Waals surface area contributed by atoms with Crippen LogP contribution in [0.2, 0.25) is 0 Å². The van der Waals surface area contributed by atoms with Crippen molar-refractivity contribution >= 4 is 23.6 Å². The van der Waals surface area contributed by atoms with E-state index in [2.05, 4.69) is 0 Å². The van der Waals surface area contributed by atoms with Gasteiger partial charge in [0.2, 0.25) is 0 Å². The van der Waals surface area contributed by atoms with Crippen molar-refractivity contribution in [3.05, 3.63) is 29.3 Å².